The average molecular weight is 849 g/mol. The van der Waals surface area contributed by atoms with Crippen LogP contribution in [0.5, 0.6) is 0 Å². The van der Waals surface area contributed by atoms with E-state index in [9.17, 15) is 14.4 Å². The summed E-state index contributed by atoms with van der Waals surface area (Å²) in [6.07, 6.45) is 50.9. The van der Waals surface area contributed by atoms with Crippen molar-refractivity contribution in [1.82, 2.24) is 0 Å². The van der Waals surface area contributed by atoms with Gasteiger partial charge in [-0.05, 0) is 25.2 Å². The van der Waals surface area contributed by atoms with Crippen LogP contribution in [0, 0.1) is 5.92 Å². The summed E-state index contributed by atoms with van der Waals surface area (Å²) in [5.41, 5.74) is 0. The summed E-state index contributed by atoms with van der Waals surface area (Å²) in [5.74, 6) is -0.0340. The van der Waals surface area contributed by atoms with Crippen molar-refractivity contribution in [3.05, 3.63) is 0 Å². The van der Waals surface area contributed by atoms with Gasteiger partial charge in [0.05, 0.1) is 0 Å². The van der Waals surface area contributed by atoms with Gasteiger partial charge in [0.25, 0.3) is 0 Å². The molecule has 0 spiro atoms. The molecular weight excluding hydrogens is 745 g/mol. The highest BCUT2D eigenvalue weighted by atomic mass is 16.6. The first kappa shape index (κ1) is 58.4. The van der Waals surface area contributed by atoms with E-state index in [0.717, 1.165) is 63.7 Å². The first-order chi connectivity index (χ1) is 29.4. The van der Waals surface area contributed by atoms with Gasteiger partial charge in [-0.3, -0.25) is 14.4 Å². The third kappa shape index (κ3) is 47.5. The Morgan fingerprint density at radius 3 is 0.817 bits per heavy atom. The van der Waals surface area contributed by atoms with Crippen molar-refractivity contribution >= 4 is 17.9 Å². The summed E-state index contributed by atoms with van der Waals surface area (Å²) in [6, 6.07) is 0. The lowest BCUT2D eigenvalue weighted by Crippen LogP contribution is -2.30. The van der Waals surface area contributed by atoms with Crippen LogP contribution in [0.4, 0.5) is 0 Å². The minimum atomic E-state index is -0.761. The molecule has 0 amide bonds. The van der Waals surface area contributed by atoms with Gasteiger partial charge in [0, 0.05) is 19.3 Å². The fourth-order valence-electron chi connectivity index (χ4n) is 8.22. The Hall–Kier alpha value is -1.59. The van der Waals surface area contributed by atoms with Crippen molar-refractivity contribution < 1.29 is 28.6 Å². The number of carbonyl (C=O) groups is 3. The highest BCUT2D eigenvalue weighted by molar-refractivity contribution is 5.71. The summed E-state index contributed by atoms with van der Waals surface area (Å²) in [4.78, 5) is 38.0. The molecule has 0 aromatic carbocycles. The van der Waals surface area contributed by atoms with E-state index in [0.29, 0.717) is 19.3 Å². The van der Waals surface area contributed by atoms with Gasteiger partial charge >= 0.3 is 17.9 Å². The Bertz CT molecular complexity index is 903. The van der Waals surface area contributed by atoms with Crippen molar-refractivity contribution in [2.24, 2.45) is 5.92 Å². The first-order valence-electron chi connectivity index (χ1n) is 26.9. The van der Waals surface area contributed by atoms with Crippen molar-refractivity contribution in [1.29, 1.82) is 0 Å². The Labute approximate surface area is 374 Å². The van der Waals surface area contributed by atoms with Crippen molar-refractivity contribution in [2.45, 2.75) is 310 Å². The van der Waals surface area contributed by atoms with Crippen LogP contribution in [0.25, 0.3) is 0 Å². The fourth-order valence-corrected chi connectivity index (χ4v) is 8.22. The monoisotopic (exact) mass is 849 g/mol. The van der Waals surface area contributed by atoms with E-state index in [1.54, 1.807) is 0 Å². The normalized spacial score (nSPS) is 11.9. The summed E-state index contributed by atoms with van der Waals surface area (Å²) < 4.78 is 16.8. The van der Waals surface area contributed by atoms with Crippen molar-refractivity contribution in [3.63, 3.8) is 0 Å². The summed E-state index contributed by atoms with van der Waals surface area (Å²) in [6.45, 7) is 9.02. The van der Waals surface area contributed by atoms with E-state index in [1.807, 2.05) is 0 Å². The van der Waals surface area contributed by atoms with E-state index in [1.165, 1.54) is 199 Å². The minimum Gasteiger partial charge on any atom is -0.462 e. The molecule has 0 saturated carbocycles. The number of carbonyl (C=O) groups excluding carboxylic acids is 3. The average Bonchev–Trinajstić information content (AvgIpc) is 3.23. The molecule has 0 radical (unpaired) electrons. The quantitative estimate of drug-likeness (QED) is 0.0345. The molecule has 0 rings (SSSR count). The molecule has 0 fully saturated rings. The van der Waals surface area contributed by atoms with Gasteiger partial charge in [0.1, 0.15) is 13.2 Å². The molecule has 0 aromatic rings. The van der Waals surface area contributed by atoms with E-state index >= 15 is 0 Å². The van der Waals surface area contributed by atoms with Crippen LogP contribution in [0.3, 0.4) is 0 Å². The zero-order valence-electron chi connectivity index (χ0n) is 40.9. The molecule has 0 aliphatic rings. The molecule has 60 heavy (non-hydrogen) atoms. The molecule has 6 heteroatoms. The number of esters is 3. The fraction of sp³-hybridized carbons (Fsp3) is 0.944. The summed E-state index contributed by atoms with van der Waals surface area (Å²) in [7, 11) is 0. The van der Waals surface area contributed by atoms with Gasteiger partial charge < -0.3 is 14.2 Å². The molecule has 0 unspecified atom stereocenters. The highest BCUT2D eigenvalue weighted by Crippen LogP contribution is 2.17. The SMILES string of the molecule is CCCCCCCCCCCCCCCCCCCC(=O)OC[C@@H](COC(=O)CCCCCCCCCCCC(C)C)OC(=O)CCCCCCCCCCCCCCC. The molecule has 0 saturated heterocycles. The van der Waals surface area contributed by atoms with E-state index in [-0.39, 0.29) is 31.1 Å². The second-order valence-electron chi connectivity index (χ2n) is 19.0. The number of unbranched alkanes of at least 4 members (excludes halogenated alkanes) is 36. The van der Waals surface area contributed by atoms with Crippen LogP contribution in [0.15, 0.2) is 0 Å². The van der Waals surface area contributed by atoms with Crippen LogP contribution in [-0.2, 0) is 28.6 Å². The lowest BCUT2D eigenvalue weighted by molar-refractivity contribution is -0.167. The Morgan fingerprint density at radius 2 is 0.550 bits per heavy atom. The van der Waals surface area contributed by atoms with Crippen LogP contribution in [0.1, 0.15) is 304 Å². The Kier molecular flexibility index (Phi) is 47.2. The molecule has 0 aromatic heterocycles. The van der Waals surface area contributed by atoms with Gasteiger partial charge in [-0.1, -0.05) is 265 Å². The zero-order chi connectivity index (χ0) is 43.8. The third-order valence-electron chi connectivity index (χ3n) is 12.3. The molecule has 0 aliphatic carbocycles. The molecule has 1 atom stereocenters. The van der Waals surface area contributed by atoms with Gasteiger partial charge in [-0.15, -0.1) is 0 Å². The van der Waals surface area contributed by atoms with Gasteiger partial charge in [0.2, 0.25) is 0 Å². The topological polar surface area (TPSA) is 78.9 Å². The molecule has 0 heterocycles. The highest BCUT2D eigenvalue weighted by Gasteiger charge is 2.19. The summed E-state index contributed by atoms with van der Waals surface area (Å²) >= 11 is 0. The molecule has 0 aliphatic heterocycles. The van der Waals surface area contributed by atoms with Gasteiger partial charge in [-0.2, -0.15) is 0 Å². The maximum absolute atomic E-state index is 12.8. The first-order valence-corrected chi connectivity index (χ1v) is 26.9. The third-order valence-corrected chi connectivity index (χ3v) is 12.3. The number of hydrogen-bond acceptors (Lipinski definition) is 6. The van der Waals surface area contributed by atoms with Crippen molar-refractivity contribution in [3.8, 4) is 0 Å². The van der Waals surface area contributed by atoms with Crippen LogP contribution in [0.2, 0.25) is 0 Å². The Balaban J connectivity index is 4.28. The lowest BCUT2D eigenvalue weighted by atomic mass is 10.0. The molecule has 0 N–H and O–H groups in total. The van der Waals surface area contributed by atoms with Gasteiger partial charge in [0.15, 0.2) is 6.10 Å². The molecule has 6 nitrogen and oxygen atoms in total. The molecule has 356 valence electrons. The van der Waals surface area contributed by atoms with Gasteiger partial charge in [-0.25, -0.2) is 0 Å². The second-order valence-corrected chi connectivity index (χ2v) is 19.0. The zero-order valence-corrected chi connectivity index (χ0v) is 40.9. The number of ether oxygens (including phenoxy) is 3. The predicted octanol–water partition coefficient (Wildman–Crippen LogP) is 17.5. The predicted molar refractivity (Wildman–Crippen MR) is 257 cm³/mol. The van der Waals surface area contributed by atoms with Crippen LogP contribution < -0.4 is 0 Å². The van der Waals surface area contributed by atoms with Crippen LogP contribution >= 0.6 is 0 Å². The largest absolute Gasteiger partial charge is 0.462 e. The maximum atomic E-state index is 12.8. The second kappa shape index (κ2) is 48.4. The van der Waals surface area contributed by atoms with E-state index in [2.05, 4.69) is 27.7 Å². The van der Waals surface area contributed by atoms with Crippen LogP contribution in [-0.4, -0.2) is 37.2 Å². The minimum absolute atomic E-state index is 0.0626. The maximum Gasteiger partial charge on any atom is 0.306 e. The molecular formula is C54H104O6. The smallest absolute Gasteiger partial charge is 0.306 e. The van der Waals surface area contributed by atoms with E-state index < -0.39 is 6.10 Å². The number of hydrogen-bond donors (Lipinski definition) is 0. The lowest BCUT2D eigenvalue weighted by Gasteiger charge is -2.18. The van der Waals surface area contributed by atoms with E-state index in [4.69, 9.17) is 14.2 Å². The Morgan fingerprint density at radius 1 is 0.317 bits per heavy atom. The summed E-state index contributed by atoms with van der Waals surface area (Å²) in [5, 5.41) is 0. The number of rotatable bonds is 49. The van der Waals surface area contributed by atoms with Crippen molar-refractivity contribution in [2.75, 3.05) is 13.2 Å². The standard InChI is InChI=1S/C54H104O6/c1-5-7-9-11-13-15-17-19-20-21-22-24-25-29-33-37-41-45-52(55)58-48-51(49-59-53(56)46-42-38-34-31-27-28-32-36-40-44-50(3)4)60-54(57)47-43-39-35-30-26-23-18-16-14-12-10-8-6-2/h50-51H,5-49H2,1-4H3/t51-/m0/s1. The molecule has 0 bridgehead atoms.